The van der Waals surface area contributed by atoms with Crippen LogP contribution < -0.4 is 20.3 Å². The van der Waals surface area contributed by atoms with E-state index in [0.717, 1.165) is 0 Å². The van der Waals surface area contributed by atoms with Gasteiger partial charge in [-0.3, -0.25) is 14.8 Å². The zero-order chi connectivity index (χ0) is 20.5. The average molecular weight is 392 g/mol. The van der Waals surface area contributed by atoms with E-state index in [9.17, 15) is 18.4 Å². The van der Waals surface area contributed by atoms with Crippen molar-refractivity contribution in [1.29, 1.82) is 0 Å². The Morgan fingerprint density at radius 3 is 2.39 bits per heavy atom. The monoisotopic (exact) mass is 392 g/mol. The van der Waals surface area contributed by atoms with Crippen LogP contribution in [0.5, 0.6) is 11.5 Å². The highest BCUT2D eigenvalue weighted by atomic mass is 19.3. The molecule has 2 amide bonds. The molecule has 3 N–H and O–H groups in total. The number of carbonyl (C=O) groups is 2. The van der Waals surface area contributed by atoms with E-state index in [1.54, 1.807) is 0 Å². The first-order valence-corrected chi connectivity index (χ1v) is 8.29. The summed E-state index contributed by atoms with van der Waals surface area (Å²) in [6.07, 6.45) is 0. The van der Waals surface area contributed by atoms with Crippen LogP contribution in [0.4, 0.5) is 14.5 Å². The predicted molar refractivity (Wildman–Crippen MR) is 95.0 cm³/mol. The summed E-state index contributed by atoms with van der Waals surface area (Å²) < 4.78 is 39.0. The fourth-order valence-corrected chi connectivity index (χ4v) is 3.17. The Morgan fingerprint density at radius 2 is 1.75 bits per heavy atom. The number of benzene rings is 2. The van der Waals surface area contributed by atoms with Crippen molar-refractivity contribution in [3.8, 4) is 11.5 Å². The van der Waals surface area contributed by atoms with Crippen LogP contribution in [-0.4, -0.2) is 37.2 Å². The normalized spacial score (nSPS) is 19.5. The van der Waals surface area contributed by atoms with Gasteiger partial charge in [-0.05, 0) is 29.8 Å². The predicted octanol–water partition coefficient (Wildman–Crippen LogP) is 2.81. The maximum absolute atomic E-state index is 14.4. The second-order valence-electron chi connectivity index (χ2n) is 6.22. The molecule has 7 nitrogen and oxygen atoms in total. The lowest BCUT2D eigenvalue weighted by atomic mass is 10.1. The van der Waals surface area contributed by atoms with Crippen LogP contribution in [0, 0.1) is 5.92 Å². The number of hydrogen-bond donors (Lipinski definition) is 3. The quantitative estimate of drug-likeness (QED) is 0.519. The molecule has 1 fully saturated rings. The Morgan fingerprint density at radius 1 is 1.07 bits per heavy atom. The molecule has 2 aromatic carbocycles. The first kappa shape index (κ1) is 19.6. The highest BCUT2D eigenvalue weighted by molar-refractivity contribution is 6.05. The van der Waals surface area contributed by atoms with Crippen LogP contribution in [0.25, 0.3) is 0 Å². The van der Waals surface area contributed by atoms with Gasteiger partial charge in [0.15, 0.2) is 11.5 Å². The molecule has 9 heteroatoms. The summed E-state index contributed by atoms with van der Waals surface area (Å²) in [6.45, 7) is 0. The highest BCUT2D eigenvalue weighted by Crippen LogP contribution is 2.62. The summed E-state index contributed by atoms with van der Waals surface area (Å²) in [5.74, 6) is -7.30. The molecule has 0 spiro atoms. The van der Waals surface area contributed by atoms with Crippen molar-refractivity contribution in [2.24, 2.45) is 5.92 Å². The highest BCUT2D eigenvalue weighted by Gasteiger charge is 2.72. The molecule has 148 valence electrons. The number of rotatable bonds is 6. The molecule has 0 radical (unpaired) electrons. The molecule has 0 aromatic heterocycles. The molecule has 1 aliphatic carbocycles. The summed E-state index contributed by atoms with van der Waals surface area (Å²) in [4.78, 5) is 24.1. The number of hydroxylamine groups is 1. The Hall–Kier alpha value is -3.20. The largest absolute Gasteiger partial charge is 0.493 e. The Labute approximate surface area is 159 Å². The number of para-hydroxylation sites is 1. The Balaban J connectivity index is 1.83. The van der Waals surface area contributed by atoms with Gasteiger partial charge in [0.05, 0.1) is 31.4 Å². The number of anilines is 1. The van der Waals surface area contributed by atoms with Crippen molar-refractivity contribution in [2.45, 2.75) is 11.8 Å². The number of halogens is 2. The lowest BCUT2D eigenvalue weighted by molar-refractivity contribution is -0.119. The molecule has 28 heavy (non-hydrogen) atoms. The van der Waals surface area contributed by atoms with Crippen LogP contribution >= 0.6 is 0 Å². The van der Waals surface area contributed by atoms with Crippen molar-refractivity contribution in [1.82, 2.24) is 5.48 Å². The SMILES string of the molecule is COc1ccc(C2C(C(=O)Nc3ccccc3C(=O)NO)C2(F)F)cc1OC. The minimum absolute atomic E-state index is 0.0211. The molecule has 0 bridgehead atoms. The summed E-state index contributed by atoms with van der Waals surface area (Å²) in [5, 5.41) is 11.1. The zero-order valence-corrected chi connectivity index (χ0v) is 15.0. The molecule has 2 atom stereocenters. The van der Waals surface area contributed by atoms with E-state index in [1.165, 1.54) is 62.2 Å². The third kappa shape index (κ3) is 3.36. The second kappa shape index (κ2) is 7.43. The van der Waals surface area contributed by atoms with E-state index in [-0.39, 0.29) is 22.6 Å². The molecule has 0 heterocycles. The van der Waals surface area contributed by atoms with Gasteiger partial charge in [0, 0.05) is 0 Å². The standard InChI is InChI=1S/C19H18F2N2O5/c1-27-13-8-7-10(9-14(13)28-2)15-16(19(15,20)21)18(25)22-12-6-4-3-5-11(12)17(24)23-26/h3-9,15-16,26H,1-2H3,(H,22,25)(H,23,24). The smallest absolute Gasteiger partial charge is 0.276 e. The number of methoxy groups -OCH3 is 2. The Kier molecular flexibility index (Phi) is 5.19. The first-order chi connectivity index (χ1) is 13.3. The fraction of sp³-hybridized carbons (Fsp3) is 0.263. The molecule has 2 aromatic rings. The van der Waals surface area contributed by atoms with E-state index in [4.69, 9.17) is 14.7 Å². The third-order valence-corrected chi connectivity index (χ3v) is 4.63. The molecule has 3 rings (SSSR count). The van der Waals surface area contributed by atoms with Gasteiger partial charge in [-0.1, -0.05) is 18.2 Å². The van der Waals surface area contributed by atoms with E-state index in [2.05, 4.69) is 5.32 Å². The van der Waals surface area contributed by atoms with Crippen molar-refractivity contribution in [3.05, 3.63) is 53.6 Å². The minimum Gasteiger partial charge on any atom is -0.493 e. The minimum atomic E-state index is -3.25. The van der Waals surface area contributed by atoms with Crippen LogP contribution in [0.1, 0.15) is 21.8 Å². The van der Waals surface area contributed by atoms with Crippen molar-refractivity contribution >= 4 is 17.5 Å². The van der Waals surface area contributed by atoms with Gasteiger partial charge in [-0.15, -0.1) is 0 Å². The summed E-state index contributed by atoms with van der Waals surface area (Å²) in [6, 6.07) is 10.1. The molecule has 0 saturated heterocycles. The second-order valence-corrected chi connectivity index (χ2v) is 6.22. The molecule has 2 unspecified atom stereocenters. The van der Waals surface area contributed by atoms with Crippen molar-refractivity contribution in [2.75, 3.05) is 19.5 Å². The van der Waals surface area contributed by atoms with Gasteiger partial charge in [0.2, 0.25) is 5.91 Å². The number of alkyl halides is 2. The molecular weight excluding hydrogens is 374 g/mol. The van der Waals surface area contributed by atoms with Crippen LogP contribution in [0.15, 0.2) is 42.5 Å². The molecule has 1 aliphatic rings. The number of nitrogens with one attached hydrogen (secondary N) is 2. The topological polar surface area (TPSA) is 96.9 Å². The number of hydrogen-bond acceptors (Lipinski definition) is 5. The lowest BCUT2D eigenvalue weighted by Gasteiger charge is -2.10. The van der Waals surface area contributed by atoms with Crippen LogP contribution in [0.3, 0.4) is 0 Å². The average Bonchev–Trinajstić information content (AvgIpc) is 3.29. The van der Waals surface area contributed by atoms with Crippen LogP contribution in [0.2, 0.25) is 0 Å². The summed E-state index contributed by atoms with van der Waals surface area (Å²) in [5.41, 5.74) is 1.66. The van der Waals surface area contributed by atoms with Crippen molar-refractivity contribution < 1.29 is 33.1 Å². The van der Waals surface area contributed by atoms with E-state index < -0.39 is 29.6 Å². The maximum Gasteiger partial charge on any atom is 0.276 e. The molecular formula is C19H18F2N2O5. The van der Waals surface area contributed by atoms with E-state index >= 15 is 0 Å². The van der Waals surface area contributed by atoms with E-state index in [1.807, 2.05) is 0 Å². The number of carbonyl (C=O) groups excluding carboxylic acids is 2. The maximum atomic E-state index is 14.4. The summed E-state index contributed by atoms with van der Waals surface area (Å²) in [7, 11) is 2.82. The Bertz CT molecular complexity index is 919. The van der Waals surface area contributed by atoms with E-state index in [0.29, 0.717) is 5.75 Å². The van der Waals surface area contributed by atoms with Gasteiger partial charge >= 0.3 is 0 Å². The zero-order valence-electron chi connectivity index (χ0n) is 15.0. The number of amides is 2. The fourth-order valence-electron chi connectivity index (χ4n) is 3.17. The summed E-state index contributed by atoms with van der Waals surface area (Å²) >= 11 is 0. The molecule has 0 aliphatic heterocycles. The van der Waals surface area contributed by atoms with Gasteiger partial charge in [-0.25, -0.2) is 14.3 Å². The van der Waals surface area contributed by atoms with Crippen LogP contribution in [-0.2, 0) is 4.79 Å². The van der Waals surface area contributed by atoms with Crippen molar-refractivity contribution in [3.63, 3.8) is 0 Å². The number of ether oxygens (including phenoxy) is 2. The van der Waals surface area contributed by atoms with Gasteiger partial charge in [-0.2, -0.15) is 0 Å². The van der Waals surface area contributed by atoms with Gasteiger partial charge in [0.1, 0.15) is 5.92 Å². The third-order valence-electron chi connectivity index (χ3n) is 4.63. The first-order valence-electron chi connectivity index (χ1n) is 8.29. The lowest BCUT2D eigenvalue weighted by Crippen LogP contribution is -2.23. The van der Waals surface area contributed by atoms with Gasteiger partial charge < -0.3 is 14.8 Å². The van der Waals surface area contributed by atoms with Gasteiger partial charge in [0.25, 0.3) is 11.8 Å². The molecule has 1 saturated carbocycles.